The molecule has 5 nitrogen and oxygen atoms in total. The minimum Gasteiger partial charge on any atom is -0.319 e. The van der Waals surface area contributed by atoms with Crippen LogP contribution < -0.4 is 5.32 Å². The second-order valence-electron chi connectivity index (χ2n) is 6.93. The van der Waals surface area contributed by atoms with Gasteiger partial charge in [-0.05, 0) is 55.8 Å². The number of aromatic nitrogens is 3. The number of halogens is 2. The molecule has 0 bridgehead atoms. The van der Waals surface area contributed by atoms with Crippen LogP contribution in [0.5, 0.6) is 0 Å². The average molecular weight is 465 g/mol. The summed E-state index contributed by atoms with van der Waals surface area (Å²) in [5, 5.41) is 7.13. The zero-order chi connectivity index (χ0) is 21.3. The van der Waals surface area contributed by atoms with E-state index in [0.29, 0.717) is 11.5 Å². The molecule has 1 aromatic heterocycles. The quantitative estimate of drug-likeness (QED) is 0.420. The van der Waals surface area contributed by atoms with Crippen LogP contribution in [-0.2, 0) is 0 Å². The first-order valence-corrected chi connectivity index (χ1v) is 10.1. The Labute approximate surface area is 181 Å². The van der Waals surface area contributed by atoms with Crippen molar-refractivity contribution in [2.24, 2.45) is 0 Å². The van der Waals surface area contributed by atoms with Gasteiger partial charge in [-0.25, -0.2) is 14.1 Å². The maximum atomic E-state index is 13.5. The van der Waals surface area contributed by atoms with Crippen LogP contribution >= 0.6 is 15.9 Å². The third-order valence-electron chi connectivity index (χ3n) is 4.58. The van der Waals surface area contributed by atoms with Gasteiger partial charge in [-0.2, -0.15) is 0 Å². The number of benzene rings is 3. The number of carbonyl (C=O) groups is 1. The van der Waals surface area contributed by atoms with E-state index in [1.807, 2.05) is 50.2 Å². The summed E-state index contributed by atoms with van der Waals surface area (Å²) < 4.78 is 16.1. The molecule has 0 aliphatic carbocycles. The lowest BCUT2D eigenvalue weighted by molar-refractivity contribution is 0.101. The van der Waals surface area contributed by atoms with Crippen LogP contribution in [0.2, 0.25) is 0 Å². The third-order valence-corrected chi connectivity index (χ3v) is 5.10. The van der Waals surface area contributed by atoms with Crippen molar-refractivity contribution in [3.8, 4) is 17.1 Å². The van der Waals surface area contributed by atoms with Crippen molar-refractivity contribution in [3.63, 3.8) is 0 Å². The number of carbonyl (C=O) groups excluding carboxylic acids is 1. The predicted octanol–water partition coefficient (Wildman–Crippen LogP) is 5.71. The molecule has 0 saturated carbocycles. The summed E-state index contributed by atoms with van der Waals surface area (Å²) >= 11 is 3.43. The molecule has 0 aliphatic heterocycles. The molecular formula is C23H18BrFN4O. The van der Waals surface area contributed by atoms with Crippen molar-refractivity contribution in [1.82, 2.24) is 14.8 Å². The normalized spacial score (nSPS) is 10.8. The van der Waals surface area contributed by atoms with E-state index in [1.54, 1.807) is 10.7 Å². The first-order valence-electron chi connectivity index (χ1n) is 9.28. The summed E-state index contributed by atoms with van der Waals surface area (Å²) in [4.78, 5) is 17.3. The number of hydrogen-bond acceptors (Lipinski definition) is 3. The Morgan fingerprint density at radius 1 is 1.03 bits per heavy atom. The van der Waals surface area contributed by atoms with E-state index in [9.17, 15) is 9.18 Å². The highest BCUT2D eigenvalue weighted by atomic mass is 79.9. The van der Waals surface area contributed by atoms with Gasteiger partial charge in [-0.1, -0.05) is 51.8 Å². The fourth-order valence-corrected chi connectivity index (χ4v) is 3.42. The zero-order valence-corrected chi connectivity index (χ0v) is 17.9. The van der Waals surface area contributed by atoms with Crippen LogP contribution in [0.1, 0.15) is 21.7 Å². The summed E-state index contributed by atoms with van der Waals surface area (Å²) in [7, 11) is 0. The first kappa shape index (κ1) is 20.0. The molecule has 1 N–H and O–H groups in total. The van der Waals surface area contributed by atoms with E-state index < -0.39 is 11.7 Å². The molecule has 4 rings (SSSR count). The summed E-state index contributed by atoms with van der Waals surface area (Å²) in [6.07, 6.45) is 0. The molecular weight excluding hydrogens is 447 g/mol. The highest BCUT2D eigenvalue weighted by Gasteiger charge is 2.20. The lowest BCUT2D eigenvalue weighted by atomic mass is 10.1. The first-order chi connectivity index (χ1) is 14.4. The molecule has 30 heavy (non-hydrogen) atoms. The van der Waals surface area contributed by atoms with Crippen LogP contribution in [0, 0.1) is 19.7 Å². The lowest BCUT2D eigenvalue weighted by Crippen LogP contribution is -2.14. The molecule has 3 aromatic carbocycles. The predicted molar refractivity (Wildman–Crippen MR) is 118 cm³/mol. The number of nitrogens with one attached hydrogen (secondary N) is 1. The maximum absolute atomic E-state index is 13.5. The highest BCUT2D eigenvalue weighted by Crippen LogP contribution is 2.25. The van der Waals surface area contributed by atoms with Gasteiger partial charge in [-0.15, -0.1) is 5.10 Å². The number of aryl methyl sites for hydroxylation is 2. The highest BCUT2D eigenvalue weighted by molar-refractivity contribution is 9.10. The van der Waals surface area contributed by atoms with Crippen molar-refractivity contribution >= 4 is 27.5 Å². The van der Waals surface area contributed by atoms with Gasteiger partial charge >= 0.3 is 0 Å². The Kier molecular flexibility index (Phi) is 5.46. The summed E-state index contributed by atoms with van der Waals surface area (Å²) in [5.74, 6) is -0.407. The van der Waals surface area contributed by atoms with Gasteiger partial charge in [0.25, 0.3) is 5.91 Å². The Balaban J connectivity index is 1.79. The smallest absolute Gasteiger partial charge is 0.295 e. The van der Waals surface area contributed by atoms with Gasteiger partial charge in [0.2, 0.25) is 5.82 Å². The van der Waals surface area contributed by atoms with Gasteiger partial charge < -0.3 is 5.32 Å². The van der Waals surface area contributed by atoms with Crippen LogP contribution in [-0.4, -0.2) is 20.7 Å². The van der Waals surface area contributed by atoms with Crippen LogP contribution in [0.15, 0.2) is 71.2 Å². The number of anilines is 1. The second kappa shape index (κ2) is 8.20. The van der Waals surface area contributed by atoms with Gasteiger partial charge in [0, 0.05) is 15.7 Å². The molecule has 150 valence electrons. The molecule has 0 saturated heterocycles. The van der Waals surface area contributed by atoms with E-state index in [2.05, 4.69) is 37.4 Å². The molecule has 1 heterocycles. The number of nitrogens with zero attached hydrogens (tertiary/aromatic N) is 3. The van der Waals surface area contributed by atoms with Crippen LogP contribution in [0.3, 0.4) is 0 Å². The van der Waals surface area contributed by atoms with E-state index in [1.165, 1.54) is 18.2 Å². The minimum absolute atomic E-state index is 0.00263. The van der Waals surface area contributed by atoms with Crippen molar-refractivity contribution < 1.29 is 9.18 Å². The van der Waals surface area contributed by atoms with E-state index in [-0.39, 0.29) is 5.82 Å². The summed E-state index contributed by atoms with van der Waals surface area (Å²) in [6.45, 7) is 4.01. The van der Waals surface area contributed by atoms with Gasteiger partial charge in [0.15, 0.2) is 5.82 Å². The van der Waals surface area contributed by atoms with Crippen molar-refractivity contribution in [2.45, 2.75) is 13.8 Å². The largest absolute Gasteiger partial charge is 0.319 e. The zero-order valence-electron chi connectivity index (χ0n) is 16.4. The molecule has 0 fully saturated rings. The standard InChI is InChI=1S/C23H18BrFN4O/c1-14-6-11-20(15(2)12-14)29-22(16-7-9-17(24)10-8-16)27-21(28-29)23(30)26-19-5-3-4-18(25)13-19/h3-13H,1-2H3,(H,26,30). The lowest BCUT2D eigenvalue weighted by Gasteiger charge is -2.10. The number of hydrogen-bond donors (Lipinski definition) is 1. The molecule has 0 radical (unpaired) electrons. The Hall–Kier alpha value is -3.32. The summed E-state index contributed by atoms with van der Waals surface area (Å²) in [6, 6.07) is 19.3. The van der Waals surface area contributed by atoms with Crippen molar-refractivity contribution in [2.75, 3.05) is 5.32 Å². The fraction of sp³-hybridized carbons (Fsp3) is 0.0870. The van der Waals surface area contributed by atoms with E-state index in [4.69, 9.17) is 0 Å². The van der Waals surface area contributed by atoms with Crippen molar-refractivity contribution in [3.05, 3.63) is 94.0 Å². The van der Waals surface area contributed by atoms with E-state index in [0.717, 1.165) is 26.9 Å². The second-order valence-corrected chi connectivity index (χ2v) is 7.85. The van der Waals surface area contributed by atoms with Crippen LogP contribution in [0.25, 0.3) is 17.1 Å². The number of amides is 1. The molecule has 4 aromatic rings. The average Bonchev–Trinajstić information content (AvgIpc) is 3.14. The summed E-state index contributed by atoms with van der Waals surface area (Å²) in [5.41, 5.74) is 4.13. The topological polar surface area (TPSA) is 59.8 Å². The molecule has 1 amide bonds. The molecule has 0 aliphatic rings. The monoisotopic (exact) mass is 464 g/mol. The maximum Gasteiger partial charge on any atom is 0.295 e. The van der Waals surface area contributed by atoms with Gasteiger partial charge in [0.1, 0.15) is 5.82 Å². The Morgan fingerprint density at radius 2 is 1.80 bits per heavy atom. The van der Waals surface area contributed by atoms with Gasteiger partial charge in [-0.3, -0.25) is 4.79 Å². The third kappa shape index (κ3) is 4.16. The Morgan fingerprint density at radius 3 is 2.50 bits per heavy atom. The number of rotatable bonds is 4. The minimum atomic E-state index is -0.512. The van der Waals surface area contributed by atoms with Crippen LogP contribution in [0.4, 0.5) is 10.1 Å². The molecule has 0 unspecified atom stereocenters. The molecule has 0 atom stereocenters. The Bertz CT molecular complexity index is 1230. The molecule has 0 spiro atoms. The van der Waals surface area contributed by atoms with E-state index >= 15 is 0 Å². The van der Waals surface area contributed by atoms with Gasteiger partial charge in [0.05, 0.1) is 5.69 Å². The molecule has 7 heteroatoms. The SMILES string of the molecule is Cc1ccc(-n2nc(C(=O)Nc3cccc(F)c3)nc2-c2ccc(Br)cc2)c(C)c1. The fourth-order valence-electron chi connectivity index (χ4n) is 3.16. The van der Waals surface area contributed by atoms with Crippen molar-refractivity contribution in [1.29, 1.82) is 0 Å².